The predicted octanol–water partition coefficient (Wildman–Crippen LogP) is 2.65. The second-order valence-electron chi connectivity index (χ2n) is 2.72. The third kappa shape index (κ3) is 5.07. The lowest BCUT2D eigenvalue weighted by atomic mass is 10.2. The lowest BCUT2D eigenvalue weighted by Gasteiger charge is -1.91. The van der Waals surface area contributed by atoms with Crippen LogP contribution < -0.4 is 0 Å². The van der Waals surface area contributed by atoms with Crippen molar-refractivity contribution in [2.45, 2.75) is 0 Å². The molecule has 0 atom stereocenters. The summed E-state index contributed by atoms with van der Waals surface area (Å²) in [5, 5.41) is 0.419. The lowest BCUT2D eigenvalue weighted by Crippen LogP contribution is -1.79. The van der Waals surface area contributed by atoms with E-state index in [1.165, 1.54) is 30.4 Å². The van der Waals surface area contributed by atoms with Crippen LogP contribution in [0.25, 0.3) is 6.08 Å². The van der Waals surface area contributed by atoms with Gasteiger partial charge in [-0.2, -0.15) is 8.42 Å². The van der Waals surface area contributed by atoms with Crippen LogP contribution >= 0.6 is 0 Å². The number of halogens is 2. The molecule has 0 N–H and O–H groups in total. The van der Waals surface area contributed by atoms with Crippen molar-refractivity contribution in [2.24, 2.45) is 0 Å². The minimum absolute atomic E-state index is 0.390. The third-order valence-electron chi connectivity index (χ3n) is 1.49. The molecule has 0 bridgehead atoms. The lowest BCUT2D eigenvalue weighted by molar-refractivity contribution is 0.563. The van der Waals surface area contributed by atoms with Crippen molar-refractivity contribution in [1.82, 2.24) is 0 Å². The van der Waals surface area contributed by atoms with Gasteiger partial charge in [0, 0.05) is 0 Å². The molecule has 0 saturated carbocycles. The van der Waals surface area contributed by atoms with Crippen LogP contribution in [0.1, 0.15) is 5.56 Å². The second kappa shape index (κ2) is 4.84. The van der Waals surface area contributed by atoms with Gasteiger partial charge < -0.3 is 0 Å². The predicted molar refractivity (Wildman–Crippen MR) is 54.6 cm³/mol. The van der Waals surface area contributed by atoms with Gasteiger partial charge in [-0.1, -0.05) is 24.3 Å². The summed E-state index contributed by atoms with van der Waals surface area (Å²) in [6.45, 7) is 0. The highest BCUT2D eigenvalue weighted by atomic mass is 32.3. The van der Waals surface area contributed by atoms with Crippen LogP contribution in [0.4, 0.5) is 8.28 Å². The van der Waals surface area contributed by atoms with Gasteiger partial charge in [-0.15, -0.1) is 3.89 Å². The van der Waals surface area contributed by atoms with E-state index in [9.17, 15) is 16.7 Å². The first-order valence-electron chi connectivity index (χ1n) is 4.02. The molecule has 5 heteroatoms. The number of hydrogen-bond acceptors (Lipinski definition) is 2. The zero-order chi connectivity index (χ0) is 11.3. The van der Waals surface area contributed by atoms with E-state index in [4.69, 9.17) is 0 Å². The number of benzene rings is 1. The fourth-order valence-corrected chi connectivity index (χ4v) is 1.19. The van der Waals surface area contributed by atoms with E-state index in [-0.39, 0.29) is 5.82 Å². The molecule has 0 aliphatic carbocycles. The van der Waals surface area contributed by atoms with E-state index in [1.807, 2.05) is 0 Å². The Bertz CT molecular complexity index is 490. The summed E-state index contributed by atoms with van der Waals surface area (Å²) >= 11 is 0. The summed E-state index contributed by atoms with van der Waals surface area (Å²) in [5.41, 5.74) is 0.566. The highest BCUT2D eigenvalue weighted by Gasteiger charge is 1.95. The number of rotatable bonds is 3. The molecule has 0 fully saturated rings. The summed E-state index contributed by atoms with van der Waals surface area (Å²) < 4.78 is 44.7. The average molecular weight is 230 g/mol. The SMILES string of the molecule is O=S(=O)(F)/C=C/C=C/c1cccc(F)c1. The van der Waals surface area contributed by atoms with Crippen molar-refractivity contribution < 1.29 is 16.7 Å². The fraction of sp³-hybridized carbons (Fsp3) is 0. The maximum atomic E-state index is 12.7. The quantitative estimate of drug-likeness (QED) is 0.591. The monoisotopic (exact) mass is 230 g/mol. The molecular weight excluding hydrogens is 222 g/mol. The Balaban J connectivity index is 2.71. The molecule has 0 unspecified atom stereocenters. The first kappa shape index (κ1) is 11.6. The van der Waals surface area contributed by atoms with Gasteiger partial charge in [-0.05, 0) is 23.8 Å². The van der Waals surface area contributed by atoms with E-state index < -0.39 is 10.2 Å². The molecule has 0 aliphatic heterocycles. The molecule has 15 heavy (non-hydrogen) atoms. The van der Waals surface area contributed by atoms with E-state index in [2.05, 4.69) is 0 Å². The summed E-state index contributed by atoms with van der Waals surface area (Å²) in [5.74, 6) is -0.390. The first-order valence-corrected chi connectivity index (χ1v) is 5.47. The van der Waals surface area contributed by atoms with E-state index >= 15 is 0 Å². The van der Waals surface area contributed by atoms with Crippen LogP contribution in [0, 0.1) is 5.82 Å². The number of allylic oxidation sites excluding steroid dienone is 2. The highest BCUT2D eigenvalue weighted by Crippen LogP contribution is 2.05. The number of hydrogen-bond donors (Lipinski definition) is 0. The Morgan fingerprint density at radius 2 is 1.93 bits per heavy atom. The minimum atomic E-state index is -4.59. The van der Waals surface area contributed by atoms with Crippen LogP contribution in [-0.4, -0.2) is 8.42 Å². The smallest absolute Gasteiger partial charge is 0.207 e. The molecule has 1 aromatic rings. The Morgan fingerprint density at radius 3 is 2.53 bits per heavy atom. The molecular formula is C10H8F2O2S. The normalized spacial score (nSPS) is 12.7. The molecule has 0 spiro atoms. The van der Waals surface area contributed by atoms with E-state index in [0.717, 1.165) is 6.08 Å². The third-order valence-corrected chi connectivity index (χ3v) is 1.97. The Kier molecular flexibility index (Phi) is 3.74. The van der Waals surface area contributed by atoms with E-state index in [0.29, 0.717) is 11.0 Å². The van der Waals surface area contributed by atoms with Crippen LogP contribution in [0.3, 0.4) is 0 Å². The summed E-state index contributed by atoms with van der Waals surface area (Å²) in [6, 6.07) is 5.72. The van der Waals surface area contributed by atoms with Crippen molar-refractivity contribution in [3.63, 3.8) is 0 Å². The average Bonchev–Trinajstić information content (AvgIpc) is 2.11. The molecule has 80 valence electrons. The molecule has 1 aromatic carbocycles. The van der Waals surface area contributed by atoms with Gasteiger partial charge >= 0.3 is 10.2 Å². The molecule has 0 aliphatic rings. The van der Waals surface area contributed by atoms with Crippen molar-refractivity contribution >= 4 is 16.3 Å². The summed E-state index contributed by atoms with van der Waals surface area (Å²) in [4.78, 5) is 0. The Labute approximate surface area is 86.8 Å². The molecule has 0 aromatic heterocycles. The van der Waals surface area contributed by atoms with Gasteiger partial charge in [0.1, 0.15) is 5.82 Å². The summed E-state index contributed by atoms with van der Waals surface area (Å²) in [6.07, 6.45) is 3.80. The van der Waals surface area contributed by atoms with Gasteiger partial charge in [0.15, 0.2) is 0 Å². The zero-order valence-corrected chi connectivity index (χ0v) is 8.42. The zero-order valence-electron chi connectivity index (χ0n) is 7.60. The van der Waals surface area contributed by atoms with Crippen LogP contribution in [0.15, 0.2) is 41.8 Å². The molecule has 0 saturated heterocycles. The van der Waals surface area contributed by atoms with Gasteiger partial charge in [0.2, 0.25) is 0 Å². The van der Waals surface area contributed by atoms with Gasteiger partial charge in [-0.25, -0.2) is 4.39 Å². The maximum Gasteiger partial charge on any atom is 0.325 e. The fourth-order valence-electron chi connectivity index (χ4n) is 0.916. The Morgan fingerprint density at radius 1 is 1.20 bits per heavy atom. The standard InChI is InChI=1S/C10H8F2O2S/c11-10-6-3-5-9(8-10)4-1-2-7-15(12,13)14/h1-8H/b4-1+,7-2+. The van der Waals surface area contributed by atoms with Crippen molar-refractivity contribution in [2.75, 3.05) is 0 Å². The van der Waals surface area contributed by atoms with E-state index in [1.54, 1.807) is 6.07 Å². The molecule has 1 rings (SSSR count). The topological polar surface area (TPSA) is 34.1 Å². The molecule has 0 heterocycles. The minimum Gasteiger partial charge on any atom is -0.207 e. The van der Waals surface area contributed by atoms with Crippen LogP contribution in [0.5, 0.6) is 0 Å². The van der Waals surface area contributed by atoms with Crippen LogP contribution in [-0.2, 0) is 10.2 Å². The first-order chi connectivity index (χ1) is 6.97. The molecule has 2 nitrogen and oxygen atoms in total. The largest absolute Gasteiger partial charge is 0.325 e. The molecule has 0 radical (unpaired) electrons. The summed E-state index contributed by atoms with van der Waals surface area (Å²) in [7, 11) is -4.59. The van der Waals surface area contributed by atoms with Gasteiger partial charge in [0.05, 0.1) is 5.41 Å². The van der Waals surface area contributed by atoms with Crippen molar-refractivity contribution in [3.8, 4) is 0 Å². The van der Waals surface area contributed by atoms with Crippen LogP contribution in [0.2, 0.25) is 0 Å². The van der Waals surface area contributed by atoms with Crippen molar-refractivity contribution in [1.29, 1.82) is 0 Å². The maximum absolute atomic E-state index is 12.7. The second-order valence-corrected chi connectivity index (χ2v) is 3.94. The highest BCUT2D eigenvalue weighted by molar-refractivity contribution is 7.89. The van der Waals surface area contributed by atoms with Gasteiger partial charge in [0.25, 0.3) is 0 Å². The van der Waals surface area contributed by atoms with Gasteiger partial charge in [-0.3, -0.25) is 0 Å². The van der Waals surface area contributed by atoms with Crippen molar-refractivity contribution in [3.05, 3.63) is 53.2 Å². The molecule has 0 amide bonds. The Hall–Kier alpha value is -1.49.